The lowest BCUT2D eigenvalue weighted by Crippen LogP contribution is -2.39. The van der Waals surface area contributed by atoms with Crippen LogP contribution in [0.2, 0.25) is 5.02 Å². The number of hydrogen-bond acceptors (Lipinski definition) is 5. The van der Waals surface area contributed by atoms with Crippen LogP contribution >= 0.6 is 11.6 Å². The van der Waals surface area contributed by atoms with E-state index < -0.39 is 0 Å². The topological polar surface area (TPSA) is 84.7 Å². The Bertz CT molecular complexity index is 970. The molecular formula is C27H36ClN3O3. The maximum absolute atomic E-state index is 12.6. The van der Waals surface area contributed by atoms with Gasteiger partial charge >= 0.3 is 0 Å². The molecule has 0 aromatic heterocycles. The second-order valence-electron chi connectivity index (χ2n) is 9.17. The number of halogens is 1. The normalized spacial score (nSPS) is 14.7. The van der Waals surface area contributed by atoms with E-state index in [-0.39, 0.29) is 11.7 Å². The van der Waals surface area contributed by atoms with Crippen molar-refractivity contribution in [1.82, 2.24) is 10.2 Å². The molecule has 1 saturated heterocycles. The molecule has 1 aliphatic rings. The van der Waals surface area contributed by atoms with Crippen LogP contribution < -0.4 is 15.8 Å². The molecule has 2 aromatic rings. The van der Waals surface area contributed by atoms with Gasteiger partial charge in [0.1, 0.15) is 5.75 Å². The third-order valence-electron chi connectivity index (χ3n) is 6.57. The molecule has 1 amide bonds. The average Bonchev–Trinajstić information content (AvgIpc) is 2.84. The number of amides is 1. The van der Waals surface area contributed by atoms with Gasteiger partial charge in [0.2, 0.25) is 0 Å². The maximum Gasteiger partial charge on any atom is 0.255 e. The number of benzene rings is 2. The summed E-state index contributed by atoms with van der Waals surface area (Å²) in [6, 6.07) is 11.0. The van der Waals surface area contributed by atoms with Crippen LogP contribution in [0.3, 0.4) is 0 Å². The molecule has 0 atom stereocenters. The molecule has 0 radical (unpaired) electrons. The summed E-state index contributed by atoms with van der Waals surface area (Å²) in [6.07, 6.45) is 5.86. The maximum atomic E-state index is 12.6. The summed E-state index contributed by atoms with van der Waals surface area (Å²) >= 11 is 6.08. The Balaban J connectivity index is 1.30. The van der Waals surface area contributed by atoms with Gasteiger partial charge in [-0.2, -0.15) is 0 Å². The standard InChI is InChI=1S/C27H36ClN3O3/c1-19-7-9-21(10-8-19)25(32)6-4-3-5-13-31-14-11-20(12-15-31)18-30-27(33)22-16-23(28)24(29)17-26(22)34-2/h7-10,16-17,20H,3-6,11-15,18,29H2,1-2H3,(H,30,33). The van der Waals surface area contributed by atoms with E-state index in [1.165, 1.54) is 12.7 Å². The highest BCUT2D eigenvalue weighted by molar-refractivity contribution is 6.33. The minimum Gasteiger partial charge on any atom is -0.496 e. The molecule has 1 heterocycles. The van der Waals surface area contributed by atoms with Gasteiger partial charge in [-0.05, 0) is 64.2 Å². The van der Waals surface area contributed by atoms with Gasteiger partial charge < -0.3 is 20.7 Å². The molecule has 1 aliphatic heterocycles. The number of anilines is 1. The van der Waals surface area contributed by atoms with Crippen molar-refractivity contribution in [3.63, 3.8) is 0 Å². The molecule has 1 fully saturated rings. The van der Waals surface area contributed by atoms with Crippen LogP contribution in [-0.4, -0.2) is 49.9 Å². The van der Waals surface area contributed by atoms with Crippen LogP contribution in [0, 0.1) is 12.8 Å². The predicted octanol–water partition coefficient (Wildman–Crippen LogP) is 5.12. The van der Waals surface area contributed by atoms with Crippen molar-refractivity contribution in [2.45, 2.75) is 45.4 Å². The first-order chi connectivity index (χ1) is 16.4. The van der Waals surface area contributed by atoms with Gasteiger partial charge in [-0.25, -0.2) is 0 Å². The number of ketones is 1. The van der Waals surface area contributed by atoms with Crippen molar-refractivity contribution in [3.8, 4) is 5.75 Å². The number of carbonyl (C=O) groups excluding carboxylic acids is 2. The largest absolute Gasteiger partial charge is 0.496 e. The van der Waals surface area contributed by atoms with E-state index in [0.29, 0.717) is 40.9 Å². The zero-order valence-electron chi connectivity index (χ0n) is 20.2. The highest BCUT2D eigenvalue weighted by Crippen LogP contribution is 2.29. The number of likely N-dealkylation sites (tertiary alicyclic amines) is 1. The molecule has 2 aromatic carbocycles. The van der Waals surface area contributed by atoms with Crippen molar-refractivity contribution >= 4 is 29.0 Å². The molecule has 0 bridgehead atoms. The lowest BCUT2D eigenvalue weighted by molar-refractivity contribution is 0.0932. The highest BCUT2D eigenvalue weighted by Gasteiger charge is 2.21. The Labute approximate surface area is 207 Å². The molecule has 7 heteroatoms. The quantitative estimate of drug-likeness (QED) is 0.262. The van der Waals surface area contributed by atoms with Crippen molar-refractivity contribution in [3.05, 3.63) is 58.1 Å². The second kappa shape index (κ2) is 12.8. The van der Waals surface area contributed by atoms with Gasteiger partial charge in [0.05, 0.1) is 23.4 Å². The molecule has 6 nitrogen and oxygen atoms in total. The SMILES string of the molecule is COc1cc(N)c(Cl)cc1C(=O)NCC1CCN(CCCCCC(=O)c2ccc(C)cc2)CC1. The summed E-state index contributed by atoms with van der Waals surface area (Å²) in [6.45, 7) is 5.82. The van der Waals surface area contributed by atoms with Crippen molar-refractivity contribution < 1.29 is 14.3 Å². The summed E-state index contributed by atoms with van der Waals surface area (Å²) in [7, 11) is 1.51. The third kappa shape index (κ3) is 7.47. The summed E-state index contributed by atoms with van der Waals surface area (Å²) < 4.78 is 5.28. The molecule has 3 N–H and O–H groups in total. The number of Topliss-reactive ketones (excluding diaryl/α,β-unsaturated/α-hetero) is 1. The zero-order chi connectivity index (χ0) is 24.5. The van der Waals surface area contributed by atoms with E-state index >= 15 is 0 Å². The third-order valence-corrected chi connectivity index (χ3v) is 6.90. The first-order valence-corrected chi connectivity index (χ1v) is 12.5. The lowest BCUT2D eigenvalue weighted by atomic mass is 9.96. The minimum atomic E-state index is -0.193. The lowest BCUT2D eigenvalue weighted by Gasteiger charge is -2.32. The van der Waals surface area contributed by atoms with Crippen LogP contribution in [0.15, 0.2) is 36.4 Å². The summed E-state index contributed by atoms with van der Waals surface area (Å²) in [5.74, 6) is 0.931. The van der Waals surface area contributed by atoms with Gasteiger partial charge in [0, 0.05) is 24.6 Å². The average molecular weight is 486 g/mol. The fraction of sp³-hybridized carbons (Fsp3) is 0.481. The number of nitrogens with one attached hydrogen (secondary N) is 1. The van der Waals surface area contributed by atoms with Crippen molar-refractivity contribution in [1.29, 1.82) is 0 Å². The Kier molecular flexibility index (Phi) is 9.78. The molecule has 0 aliphatic carbocycles. The number of ether oxygens (including phenoxy) is 1. The molecule has 0 unspecified atom stereocenters. The van der Waals surface area contributed by atoms with Crippen LogP contribution in [-0.2, 0) is 0 Å². The first-order valence-electron chi connectivity index (χ1n) is 12.1. The predicted molar refractivity (Wildman–Crippen MR) is 138 cm³/mol. The van der Waals surface area contributed by atoms with Gasteiger partial charge in [0.15, 0.2) is 5.78 Å². The van der Waals surface area contributed by atoms with Crippen LogP contribution in [0.5, 0.6) is 5.75 Å². The number of nitrogens with two attached hydrogens (primary N) is 1. The Morgan fingerprint density at radius 2 is 1.82 bits per heavy atom. The Morgan fingerprint density at radius 1 is 1.12 bits per heavy atom. The number of nitrogens with zero attached hydrogens (tertiary/aromatic N) is 1. The molecule has 184 valence electrons. The van der Waals surface area contributed by atoms with E-state index in [2.05, 4.69) is 10.2 Å². The smallest absolute Gasteiger partial charge is 0.255 e. The van der Waals surface area contributed by atoms with Gasteiger partial charge in [-0.3, -0.25) is 9.59 Å². The number of piperidine rings is 1. The number of hydrogen-bond donors (Lipinski definition) is 2. The van der Waals surface area contributed by atoms with E-state index in [4.69, 9.17) is 22.1 Å². The van der Waals surface area contributed by atoms with E-state index in [9.17, 15) is 9.59 Å². The minimum absolute atomic E-state index is 0.193. The molecule has 34 heavy (non-hydrogen) atoms. The highest BCUT2D eigenvalue weighted by atomic mass is 35.5. The number of rotatable bonds is 11. The number of nitrogen functional groups attached to an aromatic ring is 1. The number of aryl methyl sites for hydroxylation is 1. The van der Waals surface area contributed by atoms with Gasteiger partial charge in [-0.15, -0.1) is 0 Å². The number of carbonyl (C=O) groups is 2. The van der Waals surface area contributed by atoms with Crippen molar-refractivity contribution in [2.75, 3.05) is 39.0 Å². The van der Waals surface area contributed by atoms with Crippen LogP contribution in [0.1, 0.15) is 64.8 Å². The molecule has 0 saturated carbocycles. The molecule has 3 rings (SSSR count). The van der Waals surface area contributed by atoms with Crippen LogP contribution in [0.4, 0.5) is 5.69 Å². The van der Waals surface area contributed by atoms with Crippen molar-refractivity contribution in [2.24, 2.45) is 5.92 Å². The Hall–Kier alpha value is -2.57. The monoisotopic (exact) mass is 485 g/mol. The van der Waals surface area contributed by atoms with Gasteiger partial charge in [0.25, 0.3) is 5.91 Å². The van der Waals surface area contributed by atoms with E-state index in [1.54, 1.807) is 12.1 Å². The Morgan fingerprint density at radius 3 is 2.50 bits per heavy atom. The first kappa shape index (κ1) is 26.0. The molecule has 0 spiro atoms. The molecular weight excluding hydrogens is 450 g/mol. The van der Waals surface area contributed by atoms with E-state index in [1.807, 2.05) is 31.2 Å². The summed E-state index contributed by atoms with van der Waals surface area (Å²) in [5, 5.41) is 3.37. The fourth-order valence-corrected chi connectivity index (χ4v) is 4.51. The second-order valence-corrected chi connectivity index (χ2v) is 9.58. The number of methoxy groups -OCH3 is 1. The zero-order valence-corrected chi connectivity index (χ0v) is 21.0. The summed E-state index contributed by atoms with van der Waals surface area (Å²) in [4.78, 5) is 27.4. The van der Waals surface area contributed by atoms with Gasteiger partial charge in [-0.1, -0.05) is 47.9 Å². The number of unbranched alkanes of at least 4 members (excludes halogenated alkanes) is 2. The summed E-state index contributed by atoms with van der Waals surface area (Å²) in [5.41, 5.74) is 8.58. The van der Waals surface area contributed by atoms with Crippen LogP contribution in [0.25, 0.3) is 0 Å². The van der Waals surface area contributed by atoms with E-state index in [0.717, 1.165) is 57.3 Å². The fourth-order valence-electron chi connectivity index (χ4n) is 4.34.